The quantitative estimate of drug-likeness (QED) is 0.841. The molecule has 0 spiro atoms. The van der Waals surface area contributed by atoms with Crippen LogP contribution in [-0.2, 0) is 20.6 Å². The maximum absolute atomic E-state index is 12.6. The molecule has 114 valence electrons. The SMILES string of the molecule is Cc1ccc(CS(=O)(=O)N2CC[C@@H]3[C@@H]2CC(=O)N3C)cc1. The van der Waals surface area contributed by atoms with Crippen molar-refractivity contribution >= 4 is 15.9 Å². The average molecular weight is 308 g/mol. The largest absolute Gasteiger partial charge is 0.341 e. The van der Waals surface area contributed by atoms with E-state index in [0.29, 0.717) is 13.0 Å². The van der Waals surface area contributed by atoms with Gasteiger partial charge in [0.25, 0.3) is 0 Å². The normalized spacial score (nSPS) is 26.4. The highest BCUT2D eigenvalue weighted by molar-refractivity contribution is 7.88. The Bertz CT molecular complexity index is 654. The number of benzene rings is 1. The van der Waals surface area contributed by atoms with E-state index in [1.807, 2.05) is 31.2 Å². The molecule has 2 aliphatic heterocycles. The zero-order chi connectivity index (χ0) is 15.2. The van der Waals surface area contributed by atoms with Crippen LogP contribution in [0.2, 0.25) is 0 Å². The van der Waals surface area contributed by atoms with Gasteiger partial charge in [0.1, 0.15) is 0 Å². The highest BCUT2D eigenvalue weighted by Gasteiger charge is 2.48. The lowest BCUT2D eigenvalue weighted by molar-refractivity contribution is -0.127. The smallest absolute Gasteiger partial charge is 0.224 e. The molecule has 0 aliphatic carbocycles. The first-order valence-electron chi connectivity index (χ1n) is 7.19. The van der Waals surface area contributed by atoms with Crippen LogP contribution in [0.25, 0.3) is 0 Å². The van der Waals surface area contributed by atoms with E-state index in [9.17, 15) is 13.2 Å². The van der Waals surface area contributed by atoms with Gasteiger partial charge in [-0.1, -0.05) is 29.8 Å². The zero-order valence-corrected chi connectivity index (χ0v) is 13.1. The molecule has 2 aliphatic rings. The van der Waals surface area contributed by atoms with Crippen molar-refractivity contribution in [1.29, 1.82) is 0 Å². The molecule has 0 radical (unpaired) electrons. The third kappa shape index (κ3) is 2.58. The van der Waals surface area contributed by atoms with Crippen LogP contribution in [0.4, 0.5) is 0 Å². The van der Waals surface area contributed by atoms with Crippen molar-refractivity contribution in [3.63, 3.8) is 0 Å². The summed E-state index contributed by atoms with van der Waals surface area (Å²) in [5, 5.41) is 0. The van der Waals surface area contributed by atoms with Gasteiger partial charge in [0, 0.05) is 26.1 Å². The van der Waals surface area contributed by atoms with Gasteiger partial charge in [0.05, 0.1) is 11.8 Å². The summed E-state index contributed by atoms with van der Waals surface area (Å²) in [5.74, 6) is 0.0502. The Morgan fingerprint density at radius 3 is 2.52 bits per heavy atom. The molecule has 0 N–H and O–H groups in total. The van der Waals surface area contributed by atoms with E-state index in [1.165, 1.54) is 0 Å². The number of hydrogen-bond donors (Lipinski definition) is 0. The van der Waals surface area contributed by atoms with Crippen LogP contribution in [0.1, 0.15) is 24.0 Å². The molecule has 21 heavy (non-hydrogen) atoms. The van der Waals surface area contributed by atoms with Gasteiger partial charge in [0.2, 0.25) is 15.9 Å². The van der Waals surface area contributed by atoms with Gasteiger partial charge in [0.15, 0.2) is 0 Å². The molecule has 5 nitrogen and oxygen atoms in total. The molecule has 0 unspecified atom stereocenters. The molecule has 1 aromatic rings. The molecule has 2 heterocycles. The van der Waals surface area contributed by atoms with Gasteiger partial charge >= 0.3 is 0 Å². The predicted molar refractivity (Wildman–Crippen MR) is 80.1 cm³/mol. The second-order valence-electron chi connectivity index (χ2n) is 5.98. The van der Waals surface area contributed by atoms with Crippen molar-refractivity contribution < 1.29 is 13.2 Å². The molecular formula is C15H20N2O3S. The van der Waals surface area contributed by atoms with Crippen LogP contribution in [0.3, 0.4) is 0 Å². The number of nitrogens with zero attached hydrogens (tertiary/aromatic N) is 2. The number of rotatable bonds is 3. The number of likely N-dealkylation sites (tertiary alicyclic amines) is 1. The Balaban J connectivity index is 1.79. The van der Waals surface area contributed by atoms with Crippen molar-refractivity contribution in [1.82, 2.24) is 9.21 Å². The highest BCUT2D eigenvalue weighted by Crippen LogP contribution is 2.34. The lowest BCUT2D eigenvalue weighted by Crippen LogP contribution is -2.39. The molecule has 6 heteroatoms. The highest BCUT2D eigenvalue weighted by atomic mass is 32.2. The van der Waals surface area contributed by atoms with Crippen molar-refractivity contribution in [2.24, 2.45) is 0 Å². The number of aryl methyl sites for hydroxylation is 1. The fourth-order valence-corrected chi connectivity index (χ4v) is 5.12. The third-order valence-electron chi connectivity index (χ3n) is 4.56. The maximum atomic E-state index is 12.6. The Kier molecular flexibility index (Phi) is 3.53. The fourth-order valence-electron chi connectivity index (χ4n) is 3.33. The number of hydrogen-bond acceptors (Lipinski definition) is 3. The summed E-state index contributed by atoms with van der Waals surface area (Å²) >= 11 is 0. The molecule has 0 saturated carbocycles. The Morgan fingerprint density at radius 1 is 1.19 bits per heavy atom. The summed E-state index contributed by atoms with van der Waals surface area (Å²) in [6.45, 7) is 2.49. The number of fused-ring (bicyclic) bond motifs is 1. The Morgan fingerprint density at radius 2 is 1.86 bits per heavy atom. The average Bonchev–Trinajstić information content (AvgIpc) is 2.94. The van der Waals surface area contributed by atoms with E-state index in [-0.39, 0.29) is 23.7 Å². The molecule has 1 amide bonds. The molecule has 2 atom stereocenters. The van der Waals surface area contributed by atoms with Gasteiger partial charge in [-0.3, -0.25) is 4.79 Å². The summed E-state index contributed by atoms with van der Waals surface area (Å²) in [6.07, 6.45) is 1.05. The molecule has 2 fully saturated rings. The summed E-state index contributed by atoms with van der Waals surface area (Å²) in [6, 6.07) is 7.41. The van der Waals surface area contributed by atoms with E-state index in [2.05, 4.69) is 0 Å². The molecule has 1 aromatic carbocycles. The molecular weight excluding hydrogens is 288 g/mol. The zero-order valence-electron chi connectivity index (χ0n) is 12.3. The van der Waals surface area contributed by atoms with Gasteiger partial charge in [-0.15, -0.1) is 0 Å². The number of carbonyl (C=O) groups is 1. The fraction of sp³-hybridized carbons (Fsp3) is 0.533. The van der Waals surface area contributed by atoms with E-state index in [0.717, 1.165) is 17.5 Å². The van der Waals surface area contributed by atoms with Gasteiger partial charge < -0.3 is 4.90 Å². The monoisotopic (exact) mass is 308 g/mol. The van der Waals surface area contributed by atoms with Gasteiger partial charge in [-0.05, 0) is 18.9 Å². The van der Waals surface area contributed by atoms with Crippen molar-refractivity contribution in [2.75, 3.05) is 13.6 Å². The first kappa shape index (κ1) is 14.5. The lowest BCUT2D eigenvalue weighted by atomic mass is 10.1. The van der Waals surface area contributed by atoms with E-state index in [1.54, 1.807) is 16.3 Å². The third-order valence-corrected chi connectivity index (χ3v) is 6.43. The van der Waals surface area contributed by atoms with Crippen LogP contribution in [0, 0.1) is 6.92 Å². The Labute approximate surface area is 125 Å². The minimum Gasteiger partial charge on any atom is -0.341 e. The molecule has 3 rings (SSSR count). The number of carbonyl (C=O) groups excluding carboxylic acids is 1. The second-order valence-corrected chi connectivity index (χ2v) is 7.91. The Hall–Kier alpha value is -1.40. The van der Waals surface area contributed by atoms with Crippen LogP contribution in [0.5, 0.6) is 0 Å². The molecule has 0 bridgehead atoms. The molecule has 0 aromatic heterocycles. The maximum Gasteiger partial charge on any atom is 0.224 e. The van der Waals surface area contributed by atoms with Crippen molar-refractivity contribution in [3.8, 4) is 0 Å². The van der Waals surface area contributed by atoms with Crippen LogP contribution in [-0.4, -0.2) is 49.2 Å². The first-order valence-corrected chi connectivity index (χ1v) is 8.80. The van der Waals surface area contributed by atoms with Crippen LogP contribution < -0.4 is 0 Å². The number of likely N-dealkylation sites (N-methyl/N-ethyl adjacent to an activating group) is 1. The van der Waals surface area contributed by atoms with Crippen molar-refractivity contribution in [2.45, 2.75) is 37.6 Å². The first-order chi connectivity index (χ1) is 9.88. The predicted octanol–water partition coefficient (Wildman–Crippen LogP) is 1.13. The van der Waals surface area contributed by atoms with Crippen molar-refractivity contribution in [3.05, 3.63) is 35.4 Å². The standard InChI is InChI=1S/C15H20N2O3S/c1-11-3-5-12(6-4-11)10-21(19,20)17-8-7-13-14(17)9-15(18)16(13)2/h3-6,13-14H,7-10H2,1-2H3/t13-,14+/m1/s1. The summed E-state index contributed by atoms with van der Waals surface area (Å²) in [5.41, 5.74) is 1.90. The topological polar surface area (TPSA) is 57.7 Å². The van der Waals surface area contributed by atoms with E-state index in [4.69, 9.17) is 0 Å². The van der Waals surface area contributed by atoms with Crippen LogP contribution in [0.15, 0.2) is 24.3 Å². The van der Waals surface area contributed by atoms with Crippen LogP contribution >= 0.6 is 0 Å². The van der Waals surface area contributed by atoms with E-state index < -0.39 is 10.0 Å². The lowest BCUT2D eigenvalue weighted by Gasteiger charge is -2.23. The van der Waals surface area contributed by atoms with E-state index >= 15 is 0 Å². The summed E-state index contributed by atoms with van der Waals surface area (Å²) in [4.78, 5) is 13.5. The minimum atomic E-state index is -3.37. The minimum absolute atomic E-state index is 0.00834. The summed E-state index contributed by atoms with van der Waals surface area (Å²) in [7, 11) is -1.61. The molecule has 2 saturated heterocycles. The second kappa shape index (κ2) is 5.10. The number of sulfonamides is 1. The summed E-state index contributed by atoms with van der Waals surface area (Å²) < 4.78 is 26.8. The van der Waals surface area contributed by atoms with Gasteiger partial charge in [-0.25, -0.2) is 8.42 Å². The van der Waals surface area contributed by atoms with Gasteiger partial charge in [-0.2, -0.15) is 4.31 Å². The number of amides is 1.